The van der Waals surface area contributed by atoms with Crippen LogP contribution in [0.2, 0.25) is 0 Å². The van der Waals surface area contributed by atoms with Crippen molar-refractivity contribution in [1.29, 1.82) is 5.26 Å². The fourth-order valence-corrected chi connectivity index (χ4v) is 2.91. The van der Waals surface area contributed by atoms with Crippen molar-refractivity contribution in [2.75, 3.05) is 0 Å². The van der Waals surface area contributed by atoms with Gasteiger partial charge in [-0.15, -0.1) is 0 Å². The first-order chi connectivity index (χ1) is 8.17. The smallest absolute Gasteiger partial charge is 0.182 e. The van der Waals surface area contributed by atoms with Crippen molar-refractivity contribution in [3.8, 4) is 11.8 Å². The molecule has 0 bridgehead atoms. The van der Waals surface area contributed by atoms with Crippen LogP contribution in [0.5, 0.6) is 0 Å². The summed E-state index contributed by atoms with van der Waals surface area (Å²) in [5, 5.41) is 8.75. The minimum atomic E-state index is 0.364. The molecule has 2 rings (SSSR count). The molecular formula is C11H6BBr2N3. The van der Waals surface area contributed by atoms with Crippen molar-refractivity contribution in [2.24, 2.45) is 0 Å². The summed E-state index contributed by atoms with van der Waals surface area (Å²) in [6.45, 7) is 0. The Labute approximate surface area is 117 Å². The van der Waals surface area contributed by atoms with Gasteiger partial charge in [0, 0.05) is 5.69 Å². The lowest BCUT2D eigenvalue weighted by atomic mass is 10.0. The van der Waals surface area contributed by atoms with Gasteiger partial charge in [0.15, 0.2) is 4.73 Å². The molecule has 0 spiro atoms. The first-order valence-corrected chi connectivity index (χ1v) is 6.39. The van der Waals surface area contributed by atoms with Gasteiger partial charge in [0.05, 0.1) is 25.2 Å². The highest BCUT2D eigenvalue weighted by Crippen LogP contribution is 2.27. The van der Waals surface area contributed by atoms with E-state index >= 15 is 0 Å². The second kappa shape index (κ2) is 5.07. The zero-order chi connectivity index (χ0) is 12.4. The van der Waals surface area contributed by atoms with Gasteiger partial charge in [0.2, 0.25) is 0 Å². The van der Waals surface area contributed by atoms with E-state index < -0.39 is 0 Å². The topological polar surface area (TPSA) is 41.6 Å². The molecule has 0 atom stereocenters. The molecular weight excluding hydrogens is 345 g/mol. The number of rotatable bonds is 2. The maximum absolute atomic E-state index is 8.75. The number of halogens is 2. The van der Waals surface area contributed by atoms with E-state index in [2.05, 4.69) is 42.9 Å². The molecule has 0 aliphatic rings. The van der Waals surface area contributed by atoms with Crippen LogP contribution < -0.4 is 0 Å². The normalized spacial score (nSPS) is 10.2. The average molecular weight is 351 g/mol. The van der Waals surface area contributed by atoms with Crippen molar-refractivity contribution in [2.45, 2.75) is 6.32 Å². The minimum absolute atomic E-state index is 0.364. The van der Waals surface area contributed by atoms with Gasteiger partial charge in [-0.2, -0.15) is 5.26 Å². The number of nitrogens with zero attached hydrogens (tertiary/aromatic N) is 3. The zero-order valence-corrected chi connectivity index (χ0v) is 11.9. The van der Waals surface area contributed by atoms with Crippen LogP contribution in [-0.2, 0) is 6.32 Å². The Hall–Kier alpha value is -1.06. The maximum Gasteiger partial charge on any atom is 0.182 e. The highest BCUT2D eigenvalue weighted by molar-refractivity contribution is 9.11. The molecule has 6 heteroatoms. The summed E-state index contributed by atoms with van der Waals surface area (Å²) in [6.07, 6.45) is 0.364. The number of aromatic nitrogens is 2. The van der Waals surface area contributed by atoms with Crippen LogP contribution in [0.4, 0.5) is 0 Å². The summed E-state index contributed by atoms with van der Waals surface area (Å²) in [6, 6.07) is 9.32. The molecule has 1 heterocycles. The molecule has 0 saturated carbocycles. The van der Waals surface area contributed by atoms with Crippen molar-refractivity contribution >= 4 is 39.7 Å². The third-order valence-electron chi connectivity index (χ3n) is 2.29. The minimum Gasteiger partial charge on any atom is -0.281 e. The second-order valence-corrected chi connectivity index (χ2v) is 4.78. The lowest BCUT2D eigenvalue weighted by Gasteiger charge is -2.05. The molecule has 3 nitrogen and oxygen atoms in total. The van der Waals surface area contributed by atoms with E-state index in [0.29, 0.717) is 16.6 Å². The third-order valence-corrected chi connectivity index (χ3v) is 3.64. The van der Waals surface area contributed by atoms with E-state index in [1.165, 1.54) is 0 Å². The van der Waals surface area contributed by atoms with Gasteiger partial charge in [0.1, 0.15) is 4.60 Å². The van der Waals surface area contributed by atoms with E-state index in [0.717, 1.165) is 16.0 Å². The van der Waals surface area contributed by atoms with Crippen molar-refractivity contribution in [1.82, 2.24) is 9.55 Å². The Morgan fingerprint density at radius 3 is 2.41 bits per heavy atom. The molecule has 1 aromatic heterocycles. The Morgan fingerprint density at radius 2 is 1.94 bits per heavy atom. The first-order valence-electron chi connectivity index (χ1n) is 4.80. The van der Waals surface area contributed by atoms with Gasteiger partial charge in [-0.3, -0.25) is 4.57 Å². The lowest BCUT2D eigenvalue weighted by Crippen LogP contribution is -1.95. The molecule has 0 N–H and O–H groups in total. The summed E-state index contributed by atoms with van der Waals surface area (Å²) in [4.78, 5) is 4.29. The molecule has 0 amide bonds. The predicted octanol–water partition coefficient (Wildman–Crippen LogP) is 2.94. The molecule has 2 radical (unpaired) electrons. The maximum atomic E-state index is 8.75. The predicted molar refractivity (Wildman–Crippen MR) is 73.1 cm³/mol. The Morgan fingerprint density at radius 1 is 1.29 bits per heavy atom. The van der Waals surface area contributed by atoms with Crippen LogP contribution >= 0.6 is 31.9 Å². The molecule has 1 aromatic carbocycles. The quantitative estimate of drug-likeness (QED) is 0.781. The van der Waals surface area contributed by atoms with Crippen molar-refractivity contribution < 1.29 is 0 Å². The Kier molecular flexibility index (Phi) is 3.70. The molecule has 0 fully saturated rings. The molecule has 0 aliphatic heterocycles. The third kappa shape index (κ3) is 2.31. The van der Waals surface area contributed by atoms with E-state index in [-0.39, 0.29) is 0 Å². The first kappa shape index (κ1) is 12.4. The van der Waals surface area contributed by atoms with Crippen molar-refractivity contribution in [3.05, 3.63) is 44.9 Å². The number of benzene rings is 1. The molecule has 82 valence electrons. The van der Waals surface area contributed by atoms with Gasteiger partial charge in [-0.1, -0.05) is 0 Å². The SMILES string of the molecule is [B]Cc1nc(Br)n(-c2ccc(C#N)cc2)c1Br. The molecule has 17 heavy (non-hydrogen) atoms. The van der Waals surface area contributed by atoms with E-state index in [4.69, 9.17) is 13.1 Å². The number of hydrogen-bond acceptors (Lipinski definition) is 2. The van der Waals surface area contributed by atoms with E-state index in [1.807, 2.05) is 16.7 Å². The number of nitriles is 1. The number of imidazole rings is 1. The van der Waals surface area contributed by atoms with Gasteiger partial charge in [0.25, 0.3) is 0 Å². The molecule has 2 aromatic rings. The van der Waals surface area contributed by atoms with Crippen LogP contribution in [0.25, 0.3) is 5.69 Å². The largest absolute Gasteiger partial charge is 0.281 e. The molecule has 0 unspecified atom stereocenters. The Bertz CT molecular complexity index is 584. The van der Waals surface area contributed by atoms with Crippen LogP contribution in [-0.4, -0.2) is 17.4 Å². The zero-order valence-electron chi connectivity index (χ0n) is 8.69. The number of hydrogen-bond donors (Lipinski definition) is 0. The van der Waals surface area contributed by atoms with Gasteiger partial charge in [-0.25, -0.2) is 4.98 Å². The lowest BCUT2D eigenvalue weighted by molar-refractivity contribution is 0.992. The van der Waals surface area contributed by atoms with Crippen LogP contribution in [0.3, 0.4) is 0 Å². The van der Waals surface area contributed by atoms with Crippen LogP contribution in [0.15, 0.2) is 33.6 Å². The molecule has 0 saturated heterocycles. The second-order valence-electron chi connectivity index (χ2n) is 3.32. The van der Waals surface area contributed by atoms with Gasteiger partial charge < -0.3 is 0 Å². The summed E-state index contributed by atoms with van der Waals surface area (Å²) in [5.74, 6) is 0. The summed E-state index contributed by atoms with van der Waals surface area (Å²) in [7, 11) is 5.59. The Balaban J connectivity index is 2.53. The van der Waals surface area contributed by atoms with Crippen LogP contribution in [0, 0.1) is 11.3 Å². The highest BCUT2D eigenvalue weighted by Gasteiger charge is 2.13. The average Bonchev–Trinajstić information content (AvgIpc) is 2.64. The van der Waals surface area contributed by atoms with E-state index in [1.54, 1.807) is 12.1 Å². The standard InChI is InChI=1S/C11H6BBr2N3/c12-5-9-10(13)17(11(14)16-9)8-3-1-7(6-15)2-4-8/h1-4H,5H2. The highest BCUT2D eigenvalue weighted by atomic mass is 79.9. The van der Waals surface area contributed by atoms with Crippen molar-refractivity contribution in [3.63, 3.8) is 0 Å². The summed E-state index contributed by atoms with van der Waals surface area (Å²) >= 11 is 6.84. The fourth-order valence-electron chi connectivity index (χ4n) is 1.45. The fraction of sp³-hybridized carbons (Fsp3) is 0.0909. The van der Waals surface area contributed by atoms with E-state index in [9.17, 15) is 0 Å². The van der Waals surface area contributed by atoms with Gasteiger partial charge >= 0.3 is 0 Å². The molecule has 0 aliphatic carbocycles. The van der Waals surface area contributed by atoms with Crippen LogP contribution in [0.1, 0.15) is 11.3 Å². The summed E-state index contributed by atoms with van der Waals surface area (Å²) in [5.41, 5.74) is 2.32. The van der Waals surface area contributed by atoms with Gasteiger partial charge in [-0.05, 0) is 62.4 Å². The summed E-state index contributed by atoms with van der Waals surface area (Å²) < 4.78 is 3.37. The monoisotopic (exact) mass is 349 g/mol.